The van der Waals surface area contributed by atoms with Crippen LogP contribution in [0.15, 0.2) is 37.1 Å². The van der Waals surface area contributed by atoms with Gasteiger partial charge < -0.3 is 5.32 Å². The fourth-order valence-corrected chi connectivity index (χ4v) is 1.72. The molecule has 0 aliphatic carbocycles. The Morgan fingerprint density at radius 2 is 2.16 bits per heavy atom. The number of aromatic amines is 1. The van der Waals surface area contributed by atoms with Gasteiger partial charge in [-0.25, -0.2) is 9.97 Å². The van der Waals surface area contributed by atoms with Crippen LogP contribution in [-0.4, -0.2) is 31.1 Å². The highest BCUT2D eigenvalue weighted by Crippen LogP contribution is 2.16. The van der Waals surface area contributed by atoms with Gasteiger partial charge in [-0.05, 0) is 17.7 Å². The van der Waals surface area contributed by atoms with E-state index < -0.39 is 0 Å². The Hall–Kier alpha value is -2.83. The molecular weight excluding hydrogens is 244 g/mol. The van der Waals surface area contributed by atoms with Gasteiger partial charge in [-0.2, -0.15) is 5.10 Å². The van der Waals surface area contributed by atoms with Crippen LogP contribution in [0, 0.1) is 0 Å². The molecule has 0 fully saturated rings. The van der Waals surface area contributed by atoms with Gasteiger partial charge in [-0.15, -0.1) is 0 Å². The number of carbonyl (C=O) groups excluding carboxylic acids is 1. The number of aromatic nitrogens is 5. The first-order chi connectivity index (χ1) is 9.33. The van der Waals surface area contributed by atoms with E-state index in [0.29, 0.717) is 11.3 Å². The lowest BCUT2D eigenvalue weighted by Crippen LogP contribution is -2.15. The summed E-state index contributed by atoms with van der Waals surface area (Å²) in [6.07, 6.45) is 6.48. The first-order valence-corrected chi connectivity index (χ1v) is 5.66. The van der Waals surface area contributed by atoms with E-state index in [1.165, 1.54) is 6.33 Å². The molecule has 7 heteroatoms. The summed E-state index contributed by atoms with van der Waals surface area (Å²) in [5.74, 6) is 0.242. The maximum absolute atomic E-state index is 11.9. The van der Waals surface area contributed by atoms with Crippen LogP contribution in [0.3, 0.4) is 0 Å². The van der Waals surface area contributed by atoms with Crippen LogP contribution in [0.1, 0.15) is 5.56 Å². The summed E-state index contributed by atoms with van der Waals surface area (Å²) in [5.41, 5.74) is 2.16. The molecule has 3 heterocycles. The summed E-state index contributed by atoms with van der Waals surface area (Å²) >= 11 is 0. The van der Waals surface area contributed by atoms with Gasteiger partial charge in [0.15, 0.2) is 5.82 Å². The molecule has 0 atom stereocenters. The predicted octanol–water partition coefficient (Wildman–Crippen LogP) is 0.929. The topological polar surface area (TPSA) is 96.5 Å². The SMILES string of the molecule is O=C(Cc1cncnc1)Nc1n[nH]c2cccnc12. The van der Waals surface area contributed by atoms with Crippen LogP contribution < -0.4 is 5.32 Å². The van der Waals surface area contributed by atoms with Crippen molar-refractivity contribution >= 4 is 22.8 Å². The Kier molecular flexibility index (Phi) is 2.85. The Balaban J connectivity index is 1.76. The normalized spacial score (nSPS) is 10.5. The highest BCUT2D eigenvalue weighted by Gasteiger charge is 2.10. The summed E-state index contributed by atoms with van der Waals surface area (Å²) in [4.78, 5) is 23.8. The Morgan fingerprint density at radius 1 is 1.32 bits per heavy atom. The number of hydrogen-bond donors (Lipinski definition) is 2. The Labute approximate surface area is 108 Å². The molecule has 0 unspecified atom stereocenters. The maximum atomic E-state index is 11.9. The quantitative estimate of drug-likeness (QED) is 0.724. The van der Waals surface area contributed by atoms with Crippen molar-refractivity contribution < 1.29 is 4.79 Å². The molecule has 0 aromatic carbocycles. The highest BCUT2D eigenvalue weighted by atomic mass is 16.1. The number of carbonyl (C=O) groups is 1. The van der Waals surface area contributed by atoms with Crippen molar-refractivity contribution in [3.63, 3.8) is 0 Å². The minimum atomic E-state index is -0.186. The molecule has 0 saturated carbocycles. The number of nitrogens with zero attached hydrogens (tertiary/aromatic N) is 4. The Bertz CT molecular complexity index is 708. The molecule has 3 rings (SSSR count). The summed E-state index contributed by atoms with van der Waals surface area (Å²) < 4.78 is 0. The third-order valence-electron chi connectivity index (χ3n) is 2.56. The largest absolute Gasteiger partial charge is 0.307 e. The molecule has 0 aliphatic heterocycles. The first-order valence-electron chi connectivity index (χ1n) is 5.66. The van der Waals surface area contributed by atoms with Crippen molar-refractivity contribution in [2.75, 3.05) is 5.32 Å². The number of amides is 1. The van der Waals surface area contributed by atoms with Crippen molar-refractivity contribution in [1.29, 1.82) is 0 Å². The van der Waals surface area contributed by atoms with Crippen molar-refractivity contribution in [1.82, 2.24) is 25.1 Å². The monoisotopic (exact) mass is 254 g/mol. The lowest BCUT2D eigenvalue weighted by atomic mass is 10.2. The summed E-state index contributed by atoms with van der Waals surface area (Å²) in [7, 11) is 0. The van der Waals surface area contributed by atoms with E-state index in [0.717, 1.165) is 11.1 Å². The van der Waals surface area contributed by atoms with Crippen molar-refractivity contribution in [3.05, 3.63) is 42.6 Å². The van der Waals surface area contributed by atoms with Gasteiger partial charge in [-0.1, -0.05) is 0 Å². The van der Waals surface area contributed by atoms with Crippen LogP contribution >= 0.6 is 0 Å². The van der Waals surface area contributed by atoms with Gasteiger partial charge in [0.05, 0.1) is 11.9 Å². The van der Waals surface area contributed by atoms with E-state index in [2.05, 4.69) is 30.5 Å². The van der Waals surface area contributed by atoms with E-state index in [1.807, 2.05) is 6.07 Å². The molecule has 94 valence electrons. The standard InChI is InChI=1S/C12H10N6O/c19-10(4-8-5-13-7-14-6-8)16-12-11-9(17-18-12)2-1-3-15-11/h1-3,5-7H,4H2,(H2,16,17,18,19). The first kappa shape index (κ1) is 11.3. The van der Waals surface area contributed by atoms with Crippen molar-refractivity contribution in [3.8, 4) is 0 Å². The average molecular weight is 254 g/mol. The zero-order valence-corrected chi connectivity index (χ0v) is 9.87. The third kappa shape index (κ3) is 2.39. The van der Waals surface area contributed by atoms with Crippen LogP contribution in [0.25, 0.3) is 11.0 Å². The molecule has 0 bridgehead atoms. The fraction of sp³-hybridized carbons (Fsp3) is 0.0833. The summed E-state index contributed by atoms with van der Waals surface area (Å²) in [5, 5.41) is 9.55. The van der Waals surface area contributed by atoms with Gasteiger partial charge in [0.2, 0.25) is 5.91 Å². The number of rotatable bonds is 3. The fourth-order valence-electron chi connectivity index (χ4n) is 1.72. The van der Waals surface area contributed by atoms with Crippen molar-refractivity contribution in [2.24, 2.45) is 0 Å². The molecule has 3 aromatic rings. The van der Waals surface area contributed by atoms with E-state index in [-0.39, 0.29) is 12.3 Å². The molecule has 1 amide bonds. The second-order valence-electron chi connectivity index (χ2n) is 3.94. The van der Waals surface area contributed by atoms with Gasteiger partial charge in [0, 0.05) is 18.6 Å². The molecule has 7 nitrogen and oxygen atoms in total. The van der Waals surface area contributed by atoms with Gasteiger partial charge in [0.25, 0.3) is 0 Å². The number of H-pyrrole nitrogens is 1. The highest BCUT2D eigenvalue weighted by molar-refractivity contribution is 5.98. The lowest BCUT2D eigenvalue weighted by molar-refractivity contribution is -0.115. The molecule has 0 spiro atoms. The second kappa shape index (κ2) is 4.81. The zero-order chi connectivity index (χ0) is 13.1. The van der Waals surface area contributed by atoms with Crippen LogP contribution in [0.2, 0.25) is 0 Å². The molecular formula is C12H10N6O. The van der Waals surface area contributed by atoms with Crippen LogP contribution in [0.5, 0.6) is 0 Å². The van der Waals surface area contributed by atoms with Gasteiger partial charge in [0.1, 0.15) is 11.8 Å². The third-order valence-corrected chi connectivity index (χ3v) is 2.56. The molecule has 0 radical (unpaired) electrons. The van der Waals surface area contributed by atoms with Gasteiger partial charge >= 0.3 is 0 Å². The summed E-state index contributed by atoms with van der Waals surface area (Å²) in [6.45, 7) is 0. The van der Waals surface area contributed by atoms with Crippen molar-refractivity contribution in [2.45, 2.75) is 6.42 Å². The second-order valence-corrected chi connectivity index (χ2v) is 3.94. The lowest BCUT2D eigenvalue weighted by Gasteiger charge is -2.01. The number of hydrogen-bond acceptors (Lipinski definition) is 5. The Morgan fingerprint density at radius 3 is 3.00 bits per heavy atom. The van der Waals surface area contributed by atoms with Gasteiger partial charge in [-0.3, -0.25) is 14.9 Å². The number of nitrogens with one attached hydrogen (secondary N) is 2. The van der Waals surface area contributed by atoms with E-state index in [1.54, 1.807) is 24.7 Å². The zero-order valence-electron chi connectivity index (χ0n) is 9.87. The number of anilines is 1. The predicted molar refractivity (Wildman–Crippen MR) is 68.3 cm³/mol. The van der Waals surface area contributed by atoms with Crippen LogP contribution in [0.4, 0.5) is 5.82 Å². The molecule has 19 heavy (non-hydrogen) atoms. The smallest absolute Gasteiger partial charge is 0.230 e. The average Bonchev–Trinajstić information content (AvgIpc) is 2.83. The minimum absolute atomic E-state index is 0.186. The number of pyridine rings is 1. The molecule has 0 saturated heterocycles. The van der Waals surface area contributed by atoms with E-state index in [4.69, 9.17) is 0 Å². The van der Waals surface area contributed by atoms with E-state index in [9.17, 15) is 4.79 Å². The summed E-state index contributed by atoms with van der Waals surface area (Å²) in [6, 6.07) is 3.64. The number of fused-ring (bicyclic) bond motifs is 1. The minimum Gasteiger partial charge on any atom is -0.307 e. The molecule has 3 aromatic heterocycles. The molecule has 0 aliphatic rings. The van der Waals surface area contributed by atoms with E-state index >= 15 is 0 Å². The van der Waals surface area contributed by atoms with Crippen LogP contribution in [-0.2, 0) is 11.2 Å². The molecule has 2 N–H and O–H groups in total. The maximum Gasteiger partial charge on any atom is 0.230 e.